The lowest BCUT2D eigenvalue weighted by Gasteiger charge is -2.53. The number of aromatic nitrogens is 1. The number of hydrogen-bond donors (Lipinski definition) is 2. The van der Waals surface area contributed by atoms with Gasteiger partial charge in [-0.3, -0.25) is 9.59 Å². The number of carbonyl (C=O) groups excluding carboxylic acids is 2. The first-order valence-electron chi connectivity index (χ1n) is 16.6. The van der Waals surface area contributed by atoms with Gasteiger partial charge in [0.25, 0.3) is 11.8 Å². The number of halogens is 1. The molecule has 3 aliphatic heterocycles. The van der Waals surface area contributed by atoms with Gasteiger partial charge in [0.2, 0.25) is 0 Å². The number of aryl methyl sites for hydroxylation is 1. The zero-order valence-electron chi connectivity index (χ0n) is 27.2. The number of thiophene rings is 1. The zero-order valence-corrected chi connectivity index (χ0v) is 28.0. The molecule has 0 saturated carbocycles. The van der Waals surface area contributed by atoms with E-state index in [4.69, 9.17) is 9.72 Å². The van der Waals surface area contributed by atoms with Crippen molar-refractivity contribution in [2.45, 2.75) is 26.2 Å². The number of ether oxygens (including phenoxy) is 1. The lowest BCUT2D eigenvalue weighted by atomic mass is 9.73. The number of pyridine rings is 1. The van der Waals surface area contributed by atoms with Crippen molar-refractivity contribution < 1.29 is 18.7 Å². The van der Waals surface area contributed by atoms with Crippen LogP contribution in [0.3, 0.4) is 0 Å². The van der Waals surface area contributed by atoms with E-state index in [1.807, 2.05) is 77.8 Å². The highest BCUT2D eigenvalue weighted by Gasteiger charge is 2.45. The minimum atomic E-state index is -0.466. The largest absolute Gasteiger partial charge is 0.381 e. The van der Waals surface area contributed by atoms with Crippen molar-refractivity contribution in [2.75, 3.05) is 53.3 Å². The Morgan fingerprint density at radius 2 is 1.76 bits per heavy atom. The molecule has 5 heterocycles. The summed E-state index contributed by atoms with van der Waals surface area (Å²) < 4.78 is 20.0. The maximum absolute atomic E-state index is 14.4. The second-order valence-electron chi connectivity index (χ2n) is 13.1. The van der Waals surface area contributed by atoms with Crippen LogP contribution in [0.5, 0.6) is 0 Å². The Morgan fingerprint density at radius 3 is 2.55 bits per heavy atom. The smallest absolute Gasteiger partial charge is 0.265 e. The van der Waals surface area contributed by atoms with Crippen LogP contribution >= 0.6 is 11.3 Å². The molecule has 248 valence electrons. The van der Waals surface area contributed by atoms with Crippen molar-refractivity contribution in [1.82, 2.24) is 4.98 Å². The fourth-order valence-corrected chi connectivity index (χ4v) is 8.31. The van der Waals surface area contributed by atoms with Gasteiger partial charge in [-0.25, -0.2) is 9.37 Å². The number of nitrogens with one attached hydrogen (secondary N) is 2. The van der Waals surface area contributed by atoms with Gasteiger partial charge in [0.15, 0.2) is 5.82 Å². The van der Waals surface area contributed by atoms with Crippen molar-refractivity contribution in [3.63, 3.8) is 0 Å². The minimum Gasteiger partial charge on any atom is -0.381 e. The number of fused-ring (bicyclic) bond motifs is 3. The molecule has 3 aromatic carbocycles. The second kappa shape index (κ2) is 12.8. The van der Waals surface area contributed by atoms with Crippen LogP contribution < -0.4 is 20.4 Å². The van der Waals surface area contributed by atoms with E-state index in [9.17, 15) is 14.0 Å². The van der Waals surface area contributed by atoms with Crippen LogP contribution in [-0.4, -0.2) is 49.6 Å². The summed E-state index contributed by atoms with van der Waals surface area (Å²) in [6.07, 6.45) is 4.60. The predicted molar refractivity (Wildman–Crippen MR) is 193 cm³/mol. The fourth-order valence-electron chi connectivity index (χ4n) is 7.17. The van der Waals surface area contributed by atoms with E-state index in [2.05, 4.69) is 15.5 Å². The topological polar surface area (TPSA) is 86.8 Å². The van der Waals surface area contributed by atoms with E-state index in [0.29, 0.717) is 34.4 Å². The number of hydrogen-bond acceptors (Lipinski definition) is 7. The first kappa shape index (κ1) is 31.2. The third-order valence-corrected chi connectivity index (χ3v) is 11.1. The van der Waals surface area contributed by atoms with Gasteiger partial charge in [-0.05, 0) is 91.9 Å². The molecule has 0 radical (unpaired) electrons. The number of anilines is 5. The summed E-state index contributed by atoms with van der Waals surface area (Å²) in [6.45, 7) is 5.86. The molecule has 0 bridgehead atoms. The lowest BCUT2D eigenvalue weighted by Crippen LogP contribution is -2.59. The van der Waals surface area contributed by atoms with Crippen LogP contribution in [0.25, 0.3) is 10.4 Å². The standard InChI is InChI=1S/C39H36FN5O3S/c1-25-6-4-8-30(40)34(25)43-37(46)33-22-27-15-19-45(32-10-3-2-7-29(32)35(27)49-33)38(47)26-11-13-28(14-12-26)42-31-9-5-18-41-36(31)44-23-39(24-44)16-20-48-21-17-39/h2-14,18,22,42H,15-17,19-21,23-24H2,1H3,(H,43,46). The van der Waals surface area contributed by atoms with Crippen molar-refractivity contribution >= 4 is 51.7 Å². The summed E-state index contributed by atoms with van der Waals surface area (Å²) in [7, 11) is 0. The number of carbonyl (C=O) groups is 2. The van der Waals surface area contributed by atoms with Gasteiger partial charge in [0.1, 0.15) is 5.82 Å². The normalized spacial score (nSPS) is 16.3. The van der Waals surface area contributed by atoms with Crippen LogP contribution in [-0.2, 0) is 11.2 Å². The van der Waals surface area contributed by atoms with Crippen molar-refractivity contribution in [3.05, 3.63) is 119 Å². The molecule has 8 rings (SSSR count). The average Bonchev–Trinajstić information content (AvgIpc) is 3.48. The molecule has 0 aliphatic carbocycles. The summed E-state index contributed by atoms with van der Waals surface area (Å²) in [6, 6.07) is 25.9. The number of amides is 2. The second-order valence-corrected chi connectivity index (χ2v) is 14.2. The quantitative estimate of drug-likeness (QED) is 0.190. The van der Waals surface area contributed by atoms with Gasteiger partial charge in [0, 0.05) is 66.2 Å². The summed E-state index contributed by atoms with van der Waals surface area (Å²) in [5.74, 6) is 0.0340. The third-order valence-electron chi connectivity index (χ3n) is 9.89. The number of nitrogens with zero attached hydrogens (tertiary/aromatic N) is 3. The van der Waals surface area contributed by atoms with Gasteiger partial charge < -0.3 is 25.2 Å². The van der Waals surface area contributed by atoms with E-state index >= 15 is 0 Å². The molecule has 10 heteroatoms. The van der Waals surface area contributed by atoms with Crippen LogP contribution in [0.4, 0.5) is 33.0 Å². The van der Waals surface area contributed by atoms with E-state index in [0.717, 1.165) is 78.0 Å². The highest BCUT2D eigenvalue weighted by molar-refractivity contribution is 7.17. The van der Waals surface area contributed by atoms with Crippen LogP contribution in [0, 0.1) is 18.2 Å². The Morgan fingerprint density at radius 1 is 0.959 bits per heavy atom. The fraction of sp³-hybridized carbons (Fsp3) is 0.256. The summed E-state index contributed by atoms with van der Waals surface area (Å²) in [4.78, 5) is 37.5. The SMILES string of the molecule is Cc1cccc(F)c1NC(=O)c1cc2c(s1)-c1ccccc1N(C(=O)c1ccc(Nc3cccnc3N3CC4(CCOCC4)C3)cc1)CC2. The van der Waals surface area contributed by atoms with Gasteiger partial charge in [-0.2, -0.15) is 0 Å². The molecular formula is C39H36FN5O3S. The van der Waals surface area contributed by atoms with Gasteiger partial charge in [-0.15, -0.1) is 11.3 Å². The molecule has 49 heavy (non-hydrogen) atoms. The molecule has 2 fully saturated rings. The van der Waals surface area contributed by atoms with Gasteiger partial charge >= 0.3 is 0 Å². The summed E-state index contributed by atoms with van der Waals surface area (Å²) in [5.41, 5.74) is 6.26. The Balaban J connectivity index is 0.986. The highest BCUT2D eigenvalue weighted by atomic mass is 32.1. The van der Waals surface area contributed by atoms with Gasteiger partial charge in [-0.1, -0.05) is 30.3 Å². The Kier molecular flexibility index (Phi) is 8.13. The van der Waals surface area contributed by atoms with Gasteiger partial charge in [0.05, 0.1) is 21.9 Å². The summed E-state index contributed by atoms with van der Waals surface area (Å²) in [5, 5.41) is 6.28. The number of benzene rings is 3. The maximum Gasteiger partial charge on any atom is 0.265 e. The van der Waals surface area contributed by atoms with Crippen LogP contribution in [0.2, 0.25) is 0 Å². The number of para-hydroxylation sites is 2. The molecule has 1 spiro atoms. The Hall–Kier alpha value is -5.06. The molecule has 2 N–H and O–H groups in total. The molecule has 2 aromatic heterocycles. The van der Waals surface area contributed by atoms with Crippen molar-refractivity contribution in [2.24, 2.45) is 5.41 Å². The minimum absolute atomic E-state index is 0.0912. The molecule has 0 unspecified atom stereocenters. The van der Waals surface area contributed by atoms with Crippen molar-refractivity contribution in [1.29, 1.82) is 0 Å². The molecule has 8 nitrogen and oxygen atoms in total. The predicted octanol–water partition coefficient (Wildman–Crippen LogP) is 8.07. The van der Waals surface area contributed by atoms with Crippen LogP contribution in [0.15, 0.2) is 91.1 Å². The van der Waals surface area contributed by atoms with Crippen LogP contribution in [0.1, 0.15) is 44.0 Å². The maximum atomic E-state index is 14.4. The van der Waals surface area contributed by atoms with E-state index in [1.54, 1.807) is 19.1 Å². The molecular weight excluding hydrogens is 638 g/mol. The number of rotatable bonds is 6. The third kappa shape index (κ3) is 5.95. The monoisotopic (exact) mass is 673 g/mol. The zero-order chi connectivity index (χ0) is 33.5. The molecule has 3 aliphatic rings. The Bertz CT molecular complexity index is 2030. The molecule has 2 amide bonds. The Labute approximate surface area is 288 Å². The van der Waals surface area contributed by atoms with E-state index in [-0.39, 0.29) is 17.5 Å². The lowest BCUT2D eigenvalue weighted by molar-refractivity contribution is -0.000405. The van der Waals surface area contributed by atoms with Crippen molar-refractivity contribution in [3.8, 4) is 10.4 Å². The average molecular weight is 674 g/mol. The first-order chi connectivity index (χ1) is 23.9. The molecule has 0 atom stereocenters. The summed E-state index contributed by atoms with van der Waals surface area (Å²) >= 11 is 1.36. The molecule has 2 saturated heterocycles. The van der Waals surface area contributed by atoms with E-state index < -0.39 is 5.82 Å². The van der Waals surface area contributed by atoms with E-state index in [1.165, 1.54) is 17.4 Å². The highest BCUT2D eigenvalue weighted by Crippen LogP contribution is 2.44. The first-order valence-corrected chi connectivity index (χ1v) is 17.4. The molecule has 5 aromatic rings.